The maximum atomic E-state index is 11.9. The smallest absolute Gasteiger partial charge is 0.234 e. The summed E-state index contributed by atoms with van der Waals surface area (Å²) in [5.41, 5.74) is 6.73. The van der Waals surface area contributed by atoms with Crippen molar-refractivity contribution >= 4 is 5.91 Å². The third kappa shape index (κ3) is 6.36. The van der Waals surface area contributed by atoms with E-state index in [2.05, 4.69) is 24.1 Å². The van der Waals surface area contributed by atoms with Gasteiger partial charge in [0, 0.05) is 13.1 Å². The van der Waals surface area contributed by atoms with E-state index in [0.717, 1.165) is 18.7 Å². The number of hydrogen-bond donors (Lipinski definition) is 2. The molecule has 1 aromatic carbocycles. The van der Waals surface area contributed by atoms with Crippen LogP contribution in [0.1, 0.15) is 19.4 Å². The molecule has 3 N–H and O–H groups in total. The third-order valence-corrected chi connectivity index (χ3v) is 3.12. The average molecular weight is 263 g/mol. The second-order valence-corrected chi connectivity index (χ2v) is 4.93. The van der Waals surface area contributed by atoms with Crippen LogP contribution in [0.15, 0.2) is 30.3 Å². The van der Waals surface area contributed by atoms with Gasteiger partial charge < -0.3 is 11.1 Å². The van der Waals surface area contributed by atoms with Crippen molar-refractivity contribution in [3.8, 4) is 0 Å². The van der Waals surface area contributed by atoms with Crippen LogP contribution >= 0.6 is 0 Å². The van der Waals surface area contributed by atoms with Crippen molar-refractivity contribution in [2.24, 2.45) is 11.7 Å². The lowest BCUT2D eigenvalue weighted by atomic mass is 10.1. The fraction of sp³-hybridized carbons (Fsp3) is 0.533. The van der Waals surface area contributed by atoms with E-state index in [0.29, 0.717) is 25.6 Å². The molecule has 0 radical (unpaired) electrons. The lowest BCUT2D eigenvalue weighted by molar-refractivity contribution is -0.122. The highest BCUT2D eigenvalue weighted by Crippen LogP contribution is 1.99. The molecule has 4 heteroatoms. The quantitative estimate of drug-likeness (QED) is 0.741. The van der Waals surface area contributed by atoms with Gasteiger partial charge >= 0.3 is 0 Å². The molecule has 0 aliphatic rings. The molecule has 0 saturated carbocycles. The summed E-state index contributed by atoms with van der Waals surface area (Å²) in [4.78, 5) is 14.0. The van der Waals surface area contributed by atoms with Crippen LogP contribution in [0.25, 0.3) is 0 Å². The van der Waals surface area contributed by atoms with Crippen molar-refractivity contribution in [3.05, 3.63) is 35.9 Å². The SMILES string of the molecule is CCN(CC(=O)NCc1ccccc1)CC(C)CN. The van der Waals surface area contributed by atoms with Crippen LogP contribution in [-0.4, -0.2) is 37.0 Å². The topological polar surface area (TPSA) is 58.4 Å². The Kier molecular flexibility index (Phi) is 7.15. The molecule has 1 atom stereocenters. The van der Waals surface area contributed by atoms with Crippen molar-refractivity contribution in [1.29, 1.82) is 0 Å². The molecule has 0 saturated heterocycles. The van der Waals surface area contributed by atoms with Gasteiger partial charge in [0.25, 0.3) is 0 Å². The van der Waals surface area contributed by atoms with Gasteiger partial charge in [-0.1, -0.05) is 44.2 Å². The largest absolute Gasteiger partial charge is 0.351 e. The van der Waals surface area contributed by atoms with Crippen LogP contribution in [0.3, 0.4) is 0 Å². The number of benzene rings is 1. The van der Waals surface area contributed by atoms with Gasteiger partial charge in [0.2, 0.25) is 5.91 Å². The summed E-state index contributed by atoms with van der Waals surface area (Å²) in [5.74, 6) is 0.483. The summed E-state index contributed by atoms with van der Waals surface area (Å²) in [5, 5.41) is 2.94. The molecule has 0 bridgehead atoms. The molecule has 0 aliphatic carbocycles. The second-order valence-electron chi connectivity index (χ2n) is 4.93. The van der Waals surface area contributed by atoms with Crippen LogP contribution in [0.5, 0.6) is 0 Å². The van der Waals surface area contributed by atoms with Crippen molar-refractivity contribution in [3.63, 3.8) is 0 Å². The first-order valence-corrected chi connectivity index (χ1v) is 6.88. The van der Waals surface area contributed by atoms with E-state index >= 15 is 0 Å². The van der Waals surface area contributed by atoms with Gasteiger partial charge in [0.05, 0.1) is 6.54 Å². The minimum atomic E-state index is 0.0647. The Bertz CT molecular complexity index is 367. The van der Waals surface area contributed by atoms with Crippen LogP contribution < -0.4 is 11.1 Å². The Morgan fingerprint density at radius 2 is 2.05 bits per heavy atom. The van der Waals surface area contributed by atoms with Gasteiger partial charge in [-0.25, -0.2) is 0 Å². The van der Waals surface area contributed by atoms with E-state index in [1.165, 1.54) is 0 Å². The molecule has 1 unspecified atom stereocenters. The Balaban J connectivity index is 2.33. The minimum absolute atomic E-state index is 0.0647. The number of carbonyl (C=O) groups is 1. The highest BCUT2D eigenvalue weighted by atomic mass is 16.2. The van der Waals surface area contributed by atoms with Crippen molar-refractivity contribution in [1.82, 2.24) is 10.2 Å². The van der Waals surface area contributed by atoms with E-state index in [-0.39, 0.29) is 5.91 Å². The first-order valence-electron chi connectivity index (χ1n) is 6.88. The Hall–Kier alpha value is -1.39. The van der Waals surface area contributed by atoms with Crippen molar-refractivity contribution in [2.45, 2.75) is 20.4 Å². The number of nitrogens with two attached hydrogens (primary N) is 1. The summed E-state index contributed by atoms with van der Waals surface area (Å²) in [6.07, 6.45) is 0. The van der Waals surface area contributed by atoms with E-state index < -0.39 is 0 Å². The fourth-order valence-electron chi connectivity index (χ4n) is 1.88. The number of carbonyl (C=O) groups excluding carboxylic acids is 1. The molecule has 1 aromatic rings. The molecule has 0 aromatic heterocycles. The molecule has 1 rings (SSSR count). The maximum Gasteiger partial charge on any atom is 0.234 e. The van der Waals surface area contributed by atoms with Crippen LogP contribution in [0.4, 0.5) is 0 Å². The summed E-state index contributed by atoms with van der Waals surface area (Å²) < 4.78 is 0. The van der Waals surface area contributed by atoms with Gasteiger partial charge in [-0.15, -0.1) is 0 Å². The van der Waals surface area contributed by atoms with Crippen molar-refractivity contribution < 1.29 is 4.79 Å². The molecule has 19 heavy (non-hydrogen) atoms. The van der Waals surface area contributed by atoms with Crippen molar-refractivity contribution in [2.75, 3.05) is 26.2 Å². The van der Waals surface area contributed by atoms with E-state index in [4.69, 9.17) is 5.73 Å². The number of amides is 1. The minimum Gasteiger partial charge on any atom is -0.351 e. The van der Waals surface area contributed by atoms with Crippen LogP contribution in [0, 0.1) is 5.92 Å². The number of nitrogens with one attached hydrogen (secondary N) is 1. The first kappa shape index (κ1) is 15.7. The normalized spacial score (nSPS) is 12.4. The zero-order valence-electron chi connectivity index (χ0n) is 11.9. The van der Waals surface area contributed by atoms with Gasteiger partial charge in [-0.05, 0) is 24.6 Å². The van der Waals surface area contributed by atoms with E-state index in [9.17, 15) is 4.79 Å². The van der Waals surface area contributed by atoms with Gasteiger partial charge in [0.15, 0.2) is 0 Å². The molecule has 4 nitrogen and oxygen atoms in total. The molecule has 106 valence electrons. The summed E-state index contributed by atoms with van der Waals surface area (Å²) in [6.45, 7) is 7.58. The second kappa shape index (κ2) is 8.67. The Morgan fingerprint density at radius 3 is 2.63 bits per heavy atom. The predicted molar refractivity (Wildman–Crippen MR) is 78.6 cm³/mol. The maximum absolute atomic E-state index is 11.9. The fourth-order valence-corrected chi connectivity index (χ4v) is 1.88. The average Bonchev–Trinajstić information content (AvgIpc) is 2.45. The monoisotopic (exact) mass is 263 g/mol. The summed E-state index contributed by atoms with van der Waals surface area (Å²) in [6, 6.07) is 9.94. The molecule has 0 spiro atoms. The highest BCUT2D eigenvalue weighted by Gasteiger charge is 2.11. The van der Waals surface area contributed by atoms with E-state index in [1.54, 1.807) is 0 Å². The Labute approximate surface area is 116 Å². The standard InChI is InChI=1S/C15H25N3O/c1-3-18(11-13(2)9-16)12-15(19)17-10-14-7-5-4-6-8-14/h4-8,13H,3,9-12,16H2,1-2H3,(H,17,19). The van der Waals surface area contributed by atoms with Gasteiger partial charge in [-0.3, -0.25) is 9.69 Å². The molecular weight excluding hydrogens is 238 g/mol. The Morgan fingerprint density at radius 1 is 1.37 bits per heavy atom. The number of nitrogens with zero attached hydrogens (tertiary/aromatic N) is 1. The summed E-state index contributed by atoms with van der Waals surface area (Å²) in [7, 11) is 0. The van der Waals surface area contributed by atoms with Crippen LogP contribution in [0.2, 0.25) is 0 Å². The number of hydrogen-bond acceptors (Lipinski definition) is 3. The molecule has 0 heterocycles. The predicted octanol–water partition coefficient (Wildman–Crippen LogP) is 1.22. The van der Waals surface area contributed by atoms with Crippen LogP contribution in [-0.2, 0) is 11.3 Å². The number of rotatable bonds is 8. The zero-order chi connectivity index (χ0) is 14.1. The molecule has 1 amide bonds. The molecule has 0 aliphatic heterocycles. The van der Waals surface area contributed by atoms with Gasteiger partial charge in [0.1, 0.15) is 0 Å². The molecule has 0 fully saturated rings. The van der Waals surface area contributed by atoms with Gasteiger partial charge in [-0.2, -0.15) is 0 Å². The first-order chi connectivity index (χ1) is 9.15. The van der Waals surface area contributed by atoms with E-state index in [1.807, 2.05) is 30.3 Å². The lowest BCUT2D eigenvalue weighted by Gasteiger charge is -2.22. The number of likely N-dealkylation sites (N-methyl/N-ethyl adjacent to an activating group) is 1. The third-order valence-electron chi connectivity index (χ3n) is 3.12. The summed E-state index contributed by atoms with van der Waals surface area (Å²) >= 11 is 0. The highest BCUT2D eigenvalue weighted by molar-refractivity contribution is 5.77. The molecular formula is C15H25N3O. The zero-order valence-corrected chi connectivity index (χ0v) is 11.9. The lowest BCUT2D eigenvalue weighted by Crippen LogP contribution is -2.40.